The van der Waals surface area contributed by atoms with Crippen LogP contribution in [0.3, 0.4) is 0 Å². The first-order valence-corrected chi connectivity index (χ1v) is 8.00. The Morgan fingerprint density at radius 1 is 1.16 bits per heavy atom. The van der Waals surface area contributed by atoms with E-state index in [1.165, 1.54) is 6.20 Å². The molecule has 2 amide bonds. The number of hydrogen-bond donors (Lipinski definition) is 3. The lowest BCUT2D eigenvalue weighted by Gasteiger charge is -2.07. The summed E-state index contributed by atoms with van der Waals surface area (Å²) in [6.07, 6.45) is 4.93. The first-order chi connectivity index (χ1) is 12.1. The van der Waals surface area contributed by atoms with Crippen LogP contribution in [0.4, 0.5) is 11.5 Å². The molecule has 3 heterocycles. The molecule has 0 unspecified atom stereocenters. The van der Waals surface area contributed by atoms with Gasteiger partial charge in [0.2, 0.25) is 5.91 Å². The number of anilines is 2. The maximum Gasteiger partial charge on any atom is 0.258 e. The summed E-state index contributed by atoms with van der Waals surface area (Å²) in [6.45, 7) is 1.81. The summed E-state index contributed by atoms with van der Waals surface area (Å²) in [4.78, 5) is 39.8. The number of H-pyrrole nitrogens is 1. The number of imidazole rings is 1. The average molecular weight is 336 g/mol. The predicted octanol–water partition coefficient (Wildman–Crippen LogP) is 2.26. The number of rotatable bonds is 4. The molecule has 1 aliphatic carbocycles. The molecule has 25 heavy (non-hydrogen) atoms. The van der Waals surface area contributed by atoms with Gasteiger partial charge in [-0.2, -0.15) is 0 Å². The van der Waals surface area contributed by atoms with Gasteiger partial charge >= 0.3 is 0 Å². The molecule has 4 rings (SSSR count). The number of amides is 2. The van der Waals surface area contributed by atoms with Gasteiger partial charge in [0.25, 0.3) is 5.91 Å². The zero-order chi connectivity index (χ0) is 17.4. The number of pyridine rings is 2. The lowest BCUT2D eigenvalue weighted by molar-refractivity contribution is -0.117. The largest absolute Gasteiger partial charge is 0.340 e. The fraction of sp³-hybridized carbons (Fsp3) is 0.235. The highest BCUT2D eigenvalue weighted by molar-refractivity contribution is 6.10. The zero-order valence-corrected chi connectivity index (χ0v) is 13.5. The molecule has 1 fully saturated rings. The second-order valence-corrected chi connectivity index (χ2v) is 6.03. The van der Waals surface area contributed by atoms with Crippen LogP contribution in [0.15, 0.2) is 30.6 Å². The molecule has 8 heteroatoms. The summed E-state index contributed by atoms with van der Waals surface area (Å²) in [7, 11) is 0. The molecular formula is C17H16N6O2. The fourth-order valence-corrected chi connectivity index (χ4v) is 2.53. The maximum atomic E-state index is 12.5. The first-order valence-electron chi connectivity index (χ1n) is 8.00. The SMILES string of the molecule is Cc1nc2nccc(C(=O)Nc3ccc(NC(=O)C4CC4)nc3)c2[nH]1. The minimum Gasteiger partial charge on any atom is -0.340 e. The lowest BCUT2D eigenvalue weighted by atomic mass is 10.2. The van der Waals surface area contributed by atoms with Gasteiger partial charge in [-0.1, -0.05) is 0 Å². The van der Waals surface area contributed by atoms with Crippen molar-refractivity contribution >= 4 is 34.5 Å². The van der Waals surface area contributed by atoms with Crippen LogP contribution in [0, 0.1) is 12.8 Å². The first kappa shape index (κ1) is 15.3. The normalized spacial score (nSPS) is 13.6. The van der Waals surface area contributed by atoms with Crippen LogP contribution in [0.5, 0.6) is 0 Å². The summed E-state index contributed by atoms with van der Waals surface area (Å²) < 4.78 is 0. The van der Waals surface area contributed by atoms with Gasteiger partial charge in [-0.3, -0.25) is 9.59 Å². The van der Waals surface area contributed by atoms with Gasteiger partial charge in [0.15, 0.2) is 5.65 Å². The Morgan fingerprint density at radius 3 is 2.72 bits per heavy atom. The highest BCUT2D eigenvalue weighted by Crippen LogP contribution is 2.30. The third-order valence-electron chi connectivity index (χ3n) is 3.98. The van der Waals surface area contributed by atoms with Crippen LogP contribution in [-0.2, 0) is 4.79 Å². The molecule has 3 aromatic rings. The molecular weight excluding hydrogens is 320 g/mol. The summed E-state index contributed by atoms with van der Waals surface area (Å²) in [5.41, 5.74) is 2.09. The van der Waals surface area contributed by atoms with E-state index in [2.05, 4.69) is 30.6 Å². The van der Waals surface area contributed by atoms with Crippen LogP contribution in [-0.4, -0.2) is 31.8 Å². The number of carbonyl (C=O) groups excluding carboxylic acids is 2. The van der Waals surface area contributed by atoms with E-state index in [1.807, 2.05) is 6.92 Å². The molecule has 1 aliphatic rings. The number of nitrogens with zero attached hydrogens (tertiary/aromatic N) is 3. The van der Waals surface area contributed by atoms with Crippen molar-refractivity contribution in [2.45, 2.75) is 19.8 Å². The van der Waals surface area contributed by atoms with Crippen LogP contribution < -0.4 is 10.6 Å². The van der Waals surface area contributed by atoms with Gasteiger partial charge in [0.05, 0.1) is 23.0 Å². The molecule has 126 valence electrons. The van der Waals surface area contributed by atoms with E-state index in [1.54, 1.807) is 24.4 Å². The van der Waals surface area contributed by atoms with Crippen molar-refractivity contribution in [2.75, 3.05) is 10.6 Å². The molecule has 1 saturated carbocycles. The number of carbonyl (C=O) groups is 2. The minimum atomic E-state index is -0.285. The number of aromatic amines is 1. The fourth-order valence-electron chi connectivity index (χ4n) is 2.53. The van der Waals surface area contributed by atoms with Gasteiger partial charge in [0.1, 0.15) is 11.6 Å². The van der Waals surface area contributed by atoms with Crippen molar-refractivity contribution in [1.29, 1.82) is 0 Å². The Bertz CT molecular complexity index is 959. The van der Waals surface area contributed by atoms with E-state index in [-0.39, 0.29) is 17.7 Å². The predicted molar refractivity (Wildman–Crippen MR) is 92.2 cm³/mol. The van der Waals surface area contributed by atoms with Crippen molar-refractivity contribution in [3.8, 4) is 0 Å². The van der Waals surface area contributed by atoms with Crippen molar-refractivity contribution in [2.24, 2.45) is 5.92 Å². The van der Waals surface area contributed by atoms with E-state index in [0.717, 1.165) is 12.8 Å². The van der Waals surface area contributed by atoms with Crippen LogP contribution in [0.25, 0.3) is 11.2 Å². The smallest absolute Gasteiger partial charge is 0.258 e. The number of aromatic nitrogens is 4. The zero-order valence-electron chi connectivity index (χ0n) is 13.5. The van der Waals surface area contributed by atoms with Gasteiger partial charge < -0.3 is 15.6 Å². The molecule has 0 radical (unpaired) electrons. The highest BCUT2D eigenvalue weighted by atomic mass is 16.2. The molecule has 0 aromatic carbocycles. The number of fused-ring (bicyclic) bond motifs is 1. The van der Waals surface area contributed by atoms with E-state index >= 15 is 0 Å². The summed E-state index contributed by atoms with van der Waals surface area (Å²) in [6, 6.07) is 5.00. The Labute approximate surface area is 143 Å². The molecule has 0 bridgehead atoms. The summed E-state index contributed by atoms with van der Waals surface area (Å²) in [5, 5.41) is 5.54. The Kier molecular flexibility index (Phi) is 3.64. The van der Waals surface area contributed by atoms with Gasteiger partial charge in [-0.05, 0) is 38.0 Å². The van der Waals surface area contributed by atoms with E-state index in [9.17, 15) is 9.59 Å². The number of nitrogens with one attached hydrogen (secondary N) is 3. The van der Waals surface area contributed by atoms with Crippen LogP contribution in [0.1, 0.15) is 29.0 Å². The molecule has 0 aliphatic heterocycles. The van der Waals surface area contributed by atoms with Crippen molar-refractivity contribution in [1.82, 2.24) is 19.9 Å². The highest BCUT2D eigenvalue weighted by Gasteiger charge is 2.29. The minimum absolute atomic E-state index is 0.00178. The summed E-state index contributed by atoms with van der Waals surface area (Å²) >= 11 is 0. The molecule has 0 spiro atoms. The monoisotopic (exact) mass is 336 g/mol. The summed E-state index contributed by atoms with van der Waals surface area (Å²) in [5.74, 6) is 1.00. The standard InChI is InChI=1S/C17H16N6O2/c1-9-20-14-12(6-7-18-15(14)21-9)17(25)22-11-4-5-13(19-8-11)23-16(24)10-2-3-10/h4-8,10H,2-3H2,1H3,(H,22,25)(H,18,20,21)(H,19,23,24). The Balaban J connectivity index is 1.49. The third-order valence-corrected chi connectivity index (χ3v) is 3.98. The van der Waals surface area contributed by atoms with E-state index in [4.69, 9.17) is 0 Å². The van der Waals surface area contributed by atoms with E-state index < -0.39 is 0 Å². The van der Waals surface area contributed by atoms with E-state index in [0.29, 0.717) is 34.1 Å². The lowest BCUT2D eigenvalue weighted by Crippen LogP contribution is -2.15. The van der Waals surface area contributed by atoms with Crippen molar-refractivity contribution < 1.29 is 9.59 Å². The van der Waals surface area contributed by atoms with Crippen LogP contribution >= 0.6 is 0 Å². The number of hydrogen-bond acceptors (Lipinski definition) is 5. The maximum absolute atomic E-state index is 12.5. The molecule has 0 saturated heterocycles. The number of aryl methyl sites for hydroxylation is 1. The third kappa shape index (κ3) is 3.18. The molecule has 8 nitrogen and oxygen atoms in total. The second kappa shape index (κ2) is 5.97. The molecule has 3 N–H and O–H groups in total. The van der Waals surface area contributed by atoms with Crippen LogP contribution in [0.2, 0.25) is 0 Å². The van der Waals surface area contributed by atoms with Gasteiger partial charge in [-0.25, -0.2) is 15.0 Å². The Morgan fingerprint density at radius 2 is 2.00 bits per heavy atom. The molecule has 0 atom stereocenters. The molecule has 3 aromatic heterocycles. The van der Waals surface area contributed by atoms with Crippen molar-refractivity contribution in [3.05, 3.63) is 42.0 Å². The van der Waals surface area contributed by atoms with Gasteiger partial charge in [0, 0.05) is 12.1 Å². The van der Waals surface area contributed by atoms with Gasteiger partial charge in [-0.15, -0.1) is 0 Å². The Hall–Kier alpha value is -3.29. The quantitative estimate of drug-likeness (QED) is 0.676. The average Bonchev–Trinajstić information content (AvgIpc) is 3.37. The second-order valence-electron chi connectivity index (χ2n) is 6.03. The topological polar surface area (TPSA) is 113 Å². The van der Waals surface area contributed by atoms with Crippen molar-refractivity contribution in [3.63, 3.8) is 0 Å².